The van der Waals surface area contributed by atoms with E-state index in [0.29, 0.717) is 52.1 Å². The average Bonchev–Trinajstić information content (AvgIpc) is 3.29. The van der Waals surface area contributed by atoms with Gasteiger partial charge in [-0.05, 0) is 26.7 Å². The summed E-state index contributed by atoms with van der Waals surface area (Å²) < 4.78 is 0. The number of amides is 3. The molecule has 0 atom stereocenters. The summed E-state index contributed by atoms with van der Waals surface area (Å²) in [6.45, 7) is 7.34. The molecule has 2 aliphatic rings. The van der Waals surface area contributed by atoms with Gasteiger partial charge in [-0.15, -0.1) is 0 Å². The van der Waals surface area contributed by atoms with E-state index in [1.165, 1.54) is 0 Å². The molecule has 0 aromatic carbocycles. The minimum Gasteiger partial charge on any atom is -0.342 e. The number of nitrogens with zero attached hydrogens (tertiary/aromatic N) is 3. The Hall–Kier alpha value is -1.59. The summed E-state index contributed by atoms with van der Waals surface area (Å²) in [6.07, 6.45) is 2.14. The second-order valence-corrected chi connectivity index (χ2v) is 5.49. The second-order valence-electron chi connectivity index (χ2n) is 5.49. The van der Waals surface area contributed by atoms with Gasteiger partial charge in [0.15, 0.2) is 0 Å². The van der Waals surface area contributed by atoms with Crippen LogP contribution >= 0.6 is 0 Å². The first-order valence-electron chi connectivity index (χ1n) is 7.37. The smallest absolute Gasteiger partial charge is 0.238 e. The largest absolute Gasteiger partial charge is 0.342 e. The van der Waals surface area contributed by atoms with Crippen molar-refractivity contribution >= 4 is 18.2 Å². The summed E-state index contributed by atoms with van der Waals surface area (Å²) in [5, 5.41) is 0. The molecule has 0 spiro atoms. The van der Waals surface area contributed by atoms with Gasteiger partial charge in [0, 0.05) is 39.3 Å². The van der Waals surface area contributed by atoms with Gasteiger partial charge in [0.05, 0.1) is 0 Å². The highest BCUT2D eigenvalue weighted by atomic mass is 16.2. The lowest BCUT2D eigenvalue weighted by Crippen LogP contribution is -2.53. The van der Waals surface area contributed by atoms with Gasteiger partial charge < -0.3 is 14.7 Å². The fourth-order valence-electron chi connectivity index (χ4n) is 2.79. The van der Waals surface area contributed by atoms with Crippen molar-refractivity contribution in [3.63, 3.8) is 0 Å². The molecular formula is C14H23N3O3. The lowest BCUT2D eigenvalue weighted by molar-refractivity contribution is -0.151. The van der Waals surface area contributed by atoms with Crippen LogP contribution in [0.4, 0.5) is 0 Å². The summed E-state index contributed by atoms with van der Waals surface area (Å²) in [4.78, 5) is 41.0. The zero-order valence-corrected chi connectivity index (χ0v) is 12.3. The Kier molecular flexibility index (Phi) is 4.30. The predicted octanol–water partition coefficient (Wildman–Crippen LogP) is -0.0644. The standard InChI is InChI=1S/C14H23N3O3/c1-3-16(4-2)12(19)14(5-6-14)13(20)17-9-7-15(11-18)8-10-17/h11H,3-10H2,1-2H3. The van der Waals surface area contributed by atoms with E-state index in [1.807, 2.05) is 13.8 Å². The molecule has 20 heavy (non-hydrogen) atoms. The highest BCUT2D eigenvalue weighted by Gasteiger charge is 2.59. The van der Waals surface area contributed by atoms with Crippen LogP contribution in [0.3, 0.4) is 0 Å². The lowest BCUT2D eigenvalue weighted by atomic mass is 10.0. The molecular weight excluding hydrogens is 258 g/mol. The van der Waals surface area contributed by atoms with E-state index in [1.54, 1.807) is 14.7 Å². The van der Waals surface area contributed by atoms with E-state index in [0.717, 1.165) is 6.41 Å². The van der Waals surface area contributed by atoms with Crippen LogP contribution in [-0.2, 0) is 14.4 Å². The molecule has 2 rings (SSSR count). The Morgan fingerprint density at radius 2 is 1.65 bits per heavy atom. The van der Waals surface area contributed by atoms with Gasteiger partial charge in [-0.25, -0.2) is 0 Å². The van der Waals surface area contributed by atoms with Crippen molar-refractivity contribution in [2.45, 2.75) is 26.7 Å². The molecule has 1 aliphatic carbocycles. The highest BCUT2D eigenvalue weighted by molar-refractivity contribution is 6.07. The van der Waals surface area contributed by atoms with Crippen molar-refractivity contribution in [2.75, 3.05) is 39.3 Å². The van der Waals surface area contributed by atoms with E-state index in [9.17, 15) is 14.4 Å². The monoisotopic (exact) mass is 281 g/mol. The van der Waals surface area contributed by atoms with Gasteiger partial charge >= 0.3 is 0 Å². The van der Waals surface area contributed by atoms with Crippen molar-refractivity contribution in [3.8, 4) is 0 Å². The number of carbonyl (C=O) groups is 3. The number of rotatable bonds is 5. The third kappa shape index (κ3) is 2.51. The molecule has 0 unspecified atom stereocenters. The SMILES string of the molecule is CCN(CC)C(=O)C1(C(=O)N2CCN(C=O)CC2)CC1. The van der Waals surface area contributed by atoms with E-state index in [4.69, 9.17) is 0 Å². The summed E-state index contributed by atoms with van der Waals surface area (Å²) in [6, 6.07) is 0. The Balaban J connectivity index is 2.02. The molecule has 1 aliphatic heterocycles. The van der Waals surface area contributed by atoms with Gasteiger partial charge in [-0.1, -0.05) is 0 Å². The van der Waals surface area contributed by atoms with Crippen LogP contribution in [0.25, 0.3) is 0 Å². The molecule has 112 valence electrons. The van der Waals surface area contributed by atoms with Crippen LogP contribution in [0.1, 0.15) is 26.7 Å². The maximum absolute atomic E-state index is 12.6. The summed E-state index contributed by atoms with van der Waals surface area (Å²) in [7, 11) is 0. The van der Waals surface area contributed by atoms with Crippen LogP contribution in [-0.4, -0.2) is 72.2 Å². The molecule has 0 bridgehead atoms. The molecule has 6 nitrogen and oxygen atoms in total. The highest BCUT2D eigenvalue weighted by Crippen LogP contribution is 2.48. The van der Waals surface area contributed by atoms with E-state index < -0.39 is 5.41 Å². The van der Waals surface area contributed by atoms with E-state index >= 15 is 0 Å². The number of hydrogen-bond acceptors (Lipinski definition) is 3. The molecule has 1 heterocycles. The molecule has 2 fully saturated rings. The van der Waals surface area contributed by atoms with Crippen molar-refractivity contribution in [2.24, 2.45) is 5.41 Å². The van der Waals surface area contributed by atoms with Gasteiger partial charge in [-0.2, -0.15) is 0 Å². The maximum Gasteiger partial charge on any atom is 0.238 e. The lowest BCUT2D eigenvalue weighted by Gasteiger charge is -2.35. The molecule has 0 N–H and O–H groups in total. The topological polar surface area (TPSA) is 60.9 Å². The third-order valence-corrected chi connectivity index (χ3v) is 4.37. The number of carbonyl (C=O) groups excluding carboxylic acids is 3. The van der Waals surface area contributed by atoms with Crippen molar-refractivity contribution in [1.29, 1.82) is 0 Å². The number of piperazine rings is 1. The normalized spacial score (nSPS) is 20.5. The third-order valence-electron chi connectivity index (χ3n) is 4.37. The summed E-state index contributed by atoms with van der Waals surface area (Å²) in [5.41, 5.74) is -0.796. The molecule has 0 radical (unpaired) electrons. The van der Waals surface area contributed by atoms with Gasteiger partial charge in [0.25, 0.3) is 0 Å². The molecule has 6 heteroatoms. The first kappa shape index (κ1) is 14.8. The summed E-state index contributed by atoms with van der Waals surface area (Å²) in [5.74, 6) is -0.0646. The zero-order chi connectivity index (χ0) is 14.8. The van der Waals surface area contributed by atoms with Crippen molar-refractivity contribution in [1.82, 2.24) is 14.7 Å². The molecule has 1 saturated heterocycles. The van der Waals surface area contributed by atoms with Crippen molar-refractivity contribution < 1.29 is 14.4 Å². The van der Waals surface area contributed by atoms with Crippen molar-refractivity contribution in [3.05, 3.63) is 0 Å². The Morgan fingerprint density at radius 3 is 2.05 bits per heavy atom. The fourth-order valence-corrected chi connectivity index (χ4v) is 2.79. The van der Waals surface area contributed by atoms with Crippen LogP contribution in [0.5, 0.6) is 0 Å². The number of hydrogen-bond donors (Lipinski definition) is 0. The maximum atomic E-state index is 12.6. The minimum atomic E-state index is -0.796. The predicted molar refractivity (Wildman–Crippen MR) is 73.8 cm³/mol. The second kappa shape index (κ2) is 5.81. The van der Waals surface area contributed by atoms with Crippen LogP contribution in [0, 0.1) is 5.41 Å². The molecule has 0 aromatic heterocycles. The molecule has 3 amide bonds. The van der Waals surface area contributed by atoms with Crippen LogP contribution < -0.4 is 0 Å². The minimum absolute atomic E-state index is 0.0229. The van der Waals surface area contributed by atoms with Gasteiger partial charge in [0.2, 0.25) is 18.2 Å². The first-order valence-corrected chi connectivity index (χ1v) is 7.37. The van der Waals surface area contributed by atoms with E-state index in [2.05, 4.69) is 0 Å². The van der Waals surface area contributed by atoms with Crippen LogP contribution in [0.2, 0.25) is 0 Å². The van der Waals surface area contributed by atoms with Gasteiger partial charge in [-0.3, -0.25) is 14.4 Å². The average molecular weight is 281 g/mol. The summed E-state index contributed by atoms with van der Waals surface area (Å²) >= 11 is 0. The Morgan fingerprint density at radius 1 is 1.10 bits per heavy atom. The Labute approximate surface area is 119 Å². The fraction of sp³-hybridized carbons (Fsp3) is 0.786. The molecule has 0 aromatic rings. The Bertz CT molecular complexity index is 394. The first-order chi connectivity index (χ1) is 9.58. The van der Waals surface area contributed by atoms with E-state index in [-0.39, 0.29) is 11.8 Å². The van der Waals surface area contributed by atoms with Gasteiger partial charge in [0.1, 0.15) is 5.41 Å². The molecule has 1 saturated carbocycles. The zero-order valence-electron chi connectivity index (χ0n) is 12.3. The quantitative estimate of drug-likeness (QED) is 0.524. The van der Waals surface area contributed by atoms with Crippen LogP contribution in [0.15, 0.2) is 0 Å².